The standard InChI is InChI=1S/C28H33N5O5S/c1-38-24-13-11-23(12-14-24)31-28(35)32-16-17-33(27(32)26(34)30-22-9-7-21(29)8-10-22)39(36,37)25-15-6-19-4-2-3-5-20(19)18-25/h2-6,11-15,18,21-22,27H,7-10,16-17,29H2,1H3,(H,30,34)(H,31,35). The summed E-state index contributed by atoms with van der Waals surface area (Å²) in [5.74, 6) is 0.105. The Morgan fingerprint density at radius 2 is 1.62 bits per heavy atom. The fourth-order valence-electron chi connectivity index (χ4n) is 5.22. The summed E-state index contributed by atoms with van der Waals surface area (Å²) < 4.78 is 34.0. The molecule has 3 aromatic rings. The monoisotopic (exact) mass is 551 g/mol. The first-order valence-electron chi connectivity index (χ1n) is 13.0. The molecule has 0 aromatic heterocycles. The Morgan fingerprint density at radius 3 is 2.31 bits per heavy atom. The summed E-state index contributed by atoms with van der Waals surface area (Å²) in [7, 11) is -2.56. The Morgan fingerprint density at radius 1 is 0.923 bits per heavy atom. The molecule has 10 nitrogen and oxygen atoms in total. The third kappa shape index (κ3) is 5.70. The highest BCUT2D eigenvalue weighted by Crippen LogP contribution is 2.28. The number of sulfonamides is 1. The van der Waals surface area contributed by atoms with Gasteiger partial charge in [0.1, 0.15) is 5.75 Å². The van der Waals surface area contributed by atoms with Crippen LogP contribution in [0.15, 0.2) is 71.6 Å². The highest BCUT2D eigenvalue weighted by molar-refractivity contribution is 7.89. The van der Waals surface area contributed by atoms with Gasteiger partial charge in [-0.1, -0.05) is 30.3 Å². The van der Waals surface area contributed by atoms with Crippen LogP contribution >= 0.6 is 0 Å². The van der Waals surface area contributed by atoms with Crippen molar-refractivity contribution in [1.82, 2.24) is 14.5 Å². The van der Waals surface area contributed by atoms with Crippen LogP contribution in [0.4, 0.5) is 10.5 Å². The summed E-state index contributed by atoms with van der Waals surface area (Å²) in [5.41, 5.74) is 6.51. The fraction of sp³-hybridized carbons (Fsp3) is 0.357. The first kappa shape index (κ1) is 26.9. The van der Waals surface area contributed by atoms with Gasteiger partial charge in [-0.25, -0.2) is 13.2 Å². The number of carbonyl (C=O) groups is 2. The third-order valence-corrected chi connectivity index (χ3v) is 9.26. The van der Waals surface area contributed by atoms with Gasteiger partial charge in [-0.2, -0.15) is 4.31 Å². The molecule has 39 heavy (non-hydrogen) atoms. The van der Waals surface area contributed by atoms with E-state index in [0.29, 0.717) is 24.3 Å². The zero-order chi connectivity index (χ0) is 27.6. The first-order valence-corrected chi connectivity index (χ1v) is 14.5. The van der Waals surface area contributed by atoms with Crippen LogP contribution in [0.3, 0.4) is 0 Å². The van der Waals surface area contributed by atoms with Crippen molar-refractivity contribution in [3.63, 3.8) is 0 Å². The maximum Gasteiger partial charge on any atom is 0.323 e. The number of fused-ring (bicyclic) bond motifs is 1. The van der Waals surface area contributed by atoms with Crippen LogP contribution < -0.4 is 21.1 Å². The Hall–Kier alpha value is -3.67. The number of benzene rings is 3. The molecule has 1 atom stereocenters. The molecule has 1 unspecified atom stereocenters. The normalized spacial score (nSPS) is 22.0. The van der Waals surface area contributed by atoms with E-state index >= 15 is 0 Å². The maximum atomic E-state index is 13.9. The van der Waals surface area contributed by atoms with E-state index in [0.717, 1.165) is 27.9 Å². The van der Waals surface area contributed by atoms with Gasteiger partial charge in [-0.3, -0.25) is 9.69 Å². The summed E-state index contributed by atoms with van der Waals surface area (Å²) in [4.78, 5) is 28.4. The molecule has 3 aromatic carbocycles. The molecule has 1 saturated heterocycles. The first-order chi connectivity index (χ1) is 18.8. The van der Waals surface area contributed by atoms with Gasteiger partial charge in [0.2, 0.25) is 10.0 Å². The van der Waals surface area contributed by atoms with Crippen molar-refractivity contribution in [2.24, 2.45) is 5.73 Å². The van der Waals surface area contributed by atoms with Crippen molar-refractivity contribution in [2.45, 2.75) is 48.8 Å². The van der Waals surface area contributed by atoms with Crippen molar-refractivity contribution in [3.8, 4) is 5.75 Å². The van der Waals surface area contributed by atoms with Crippen molar-refractivity contribution < 1.29 is 22.7 Å². The summed E-state index contributed by atoms with van der Waals surface area (Å²) in [6, 6.07) is 18.5. The van der Waals surface area contributed by atoms with Crippen LogP contribution in [-0.2, 0) is 14.8 Å². The second-order valence-corrected chi connectivity index (χ2v) is 11.9. The largest absolute Gasteiger partial charge is 0.497 e. The number of anilines is 1. The Balaban J connectivity index is 1.43. The number of carbonyl (C=O) groups excluding carboxylic acids is 2. The number of amides is 3. The highest BCUT2D eigenvalue weighted by Gasteiger charge is 2.47. The molecule has 0 bridgehead atoms. The molecule has 1 saturated carbocycles. The fourth-order valence-corrected chi connectivity index (χ4v) is 6.80. The molecule has 1 aliphatic carbocycles. The molecule has 1 heterocycles. The van der Waals surface area contributed by atoms with E-state index < -0.39 is 28.1 Å². The predicted octanol–water partition coefficient (Wildman–Crippen LogP) is 3.10. The molecule has 3 amide bonds. The summed E-state index contributed by atoms with van der Waals surface area (Å²) >= 11 is 0. The number of nitrogens with zero attached hydrogens (tertiary/aromatic N) is 2. The van der Waals surface area contributed by atoms with Gasteiger partial charge in [-0.15, -0.1) is 0 Å². The van der Waals surface area contributed by atoms with Crippen molar-refractivity contribution >= 4 is 38.4 Å². The molecule has 0 radical (unpaired) electrons. The molecule has 206 valence electrons. The van der Waals surface area contributed by atoms with Gasteiger partial charge < -0.3 is 21.1 Å². The summed E-state index contributed by atoms with van der Waals surface area (Å²) in [6.07, 6.45) is 1.62. The molecule has 1 aliphatic heterocycles. The number of nitrogens with one attached hydrogen (secondary N) is 2. The van der Waals surface area contributed by atoms with E-state index in [9.17, 15) is 18.0 Å². The summed E-state index contributed by atoms with van der Waals surface area (Å²) in [6.45, 7) is 0.0429. The number of ether oxygens (including phenoxy) is 1. The van der Waals surface area contributed by atoms with Crippen LogP contribution in [-0.4, -0.2) is 68.0 Å². The lowest BCUT2D eigenvalue weighted by atomic mass is 9.92. The van der Waals surface area contributed by atoms with E-state index in [4.69, 9.17) is 10.5 Å². The van der Waals surface area contributed by atoms with Gasteiger partial charge in [0, 0.05) is 30.9 Å². The third-order valence-electron chi connectivity index (χ3n) is 7.41. The zero-order valence-electron chi connectivity index (χ0n) is 21.7. The van der Waals surface area contributed by atoms with Gasteiger partial charge >= 0.3 is 6.03 Å². The van der Waals surface area contributed by atoms with E-state index in [1.807, 2.05) is 24.3 Å². The van der Waals surface area contributed by atoms with Crippen molar-refractivity contribution in [1.29, 1.82) is 0 Å². The number of urea groups is 1. The van der Waals surface area contributed by atoms with Crippen LogP contribution in [0.25, 0.3) is 10.8 Å². The number of methoxy groups -OCH3 is 1. The average Bonchev–Trinajstić information content (AvgIpc) is 3.41. The van der Waals surface area contributed by atoms with Gasteiger partial charge in [0.15, 0.2) is 6.17 Å². The van der Waals surface area contributed by atoms with E-state index in [1.165, 1.54) is 11.0 Å². The minimum absolute atomic E-state index is 0.0151. The van der Waals surface area contributed by atoms with Crippen LogP contribution in [0.5, 0.6) is 5.75 Å². The SMILES string of the molecule is COc1ccc(NC(=O)N2CCN(S(=O)(=O)c3ccc4ccccc4c3)C2C(=O)NC2CCC(N)CC2)cc1. The number of nitrogens with two attached hydrogens (primary N) is 1. The smallest absolute Gasteiger partial charge is 0.323 e. The summed E-state index contributed by atoms with van der Waals surface area (Å²) in [5, 5.41) is 7.44. The second kappa shape index (κ2) is 11.2. The average molecular weight is 552 g/mol. The molecule has 5 rings (SSSR count). The topological polar surface area (TPSA) is 134 Å². The Labute approximate surface area is 228 Å². The van der Waals surface area contributed by atoms with E-state index in [-0.39, 0.29) is 30.1 Å². The minimum Gasteiger partial charge on any atom is -0.497 e. The quantitative estimate of drug-likeness (QED) is 0.431. The van der Waals surface area contributed by atoms with Crippen LogP contribution in [0, 0.1) is 0 Å². The maximum absolute atomic E-state index is 13.9. The predicted molar refractivity (Wildman–Crippen MR) is 149 cm³/mol. The molecular formula is C28H33N5O5S. The lowest BCUT2D eigenvalue weighted by Crippen LogP contribution is -2.56. The molecule has 0 spiro atoms. The minimum atomic E-state index is -4.11. The molecule has 2 aliphatic rings. The number of hydrogen-bond donors (Lipinski definition) is 3. The second-order valence-electron chi connectivity index (χ2n) is 9.97. The van der Waals surface area contributed by atoms with Gasteiger partial charge in [0.25, 0.3) is 5.91 Å². The lowest BCUT2D eigenvalue weighted by Gasteiger charge is -2.32. The molecule has 4 N–H and O–H groups in total. The highest BCUT2D eigenvalue weighted by atomic mass is 32.2. The van der Waals surface area contributed by atoms with Gasteiger partial charge in [0.05, 0.1) is 12.0 Å². The van der Waals surface area contributed by atoms with E-state index in [1.54, 1.807) is 43.5 Å². The molecule has 11 heteroatoms. The Bertz CT molecular complexity index is 1450. The van der Waals surface area contributed by atoms with Crippen LogP contribution in [0.1, 0.15) is 25.7 Å². The molecular weight excluding hydrogens is 518 g/mol. The van der Waals surface area contributed by atoms with Crippen LogP contribution in [0.2, 0.25) is 0 Å². The molecule has 2 fully saturated rings. The lowest BCUT2D eigenvalue weighted by molar-refractivity contribution is -0.128. The number of rotatable bonds is 6. The van der Waals surface area contributed by atoms with Gasteiger partial charge in [-0.05, 0) is 72.9 Å². The zero-order valence-corrected chi connectivity index (χ0v) is 22.6. The van der Waals surface area contributed by atoms with Crippen molar-refractivity contribution in [3.05, 3.63) is 66.7 Å². The van der Waals surface area contributed by atoms with E-state index in [2.05, 4.69) is 10.6 Å². The number of hydrogen-bond acceptors (Lipinski definition) is 6. The van der Waals surface area contributed by atoms with Crippen molar-refractivity contribution in [2.75, 3.05) is 25.5 Å². The Kier molecular flexibility index (Phi) is 7.74.